The van der Waals surface area contributed by atoms with E-state index in [0.29, 0.717) is 16.4 Å². The summed E-state index contributed by atoms with van der Waals surface area (Å²) < 4.78 is 5.40. The monoisotopic (exact) mass is 386 g/mol. The van der Waals surface area contributed by atoms with E-state index in [1.54, 1.807) is 0 Å². The maximum absolute atomic E-state index is 6.13. The molecule has 2 aromatic heterocycles. The van der Waals surface area contributed by atoms with Gasteiger partial charge in [0.05, 0.1) is 0 Å². The third-order valence-electron chi connectivity index (χ3n) is 4.91. The largest absolute Gasteiger partial charge is 0.369 e. The van der Waals surface area contributed by atoms with Gasteiger partial charge in [0.15, 0.2) is 0 Å². The summed E-state index contributed by atoms with van der Waals surface area (Å²) in [5, 5.41) is 9.06. The Hall–Kier alpha value is -2.22. The van der Waals surface area contributed by atoms with Gasteiger partial charge < -0.3 is 19.6 Å². The second-order valence-corrected chi connectivity index (χ2v) is 7.31. The molecule has 0 saturated carbocycles. The molecule has 142 valence electrons. The minimum Gasteiger partial charge on any atom is -0.369 e. The Kier molecular flexibility index (Phi) is 5.52. The Labute approximate surface area is 163 Å². The fourth-order valence-electron chi connectivity index (χ4n) is 3.33. The van der Waals surface area contributed by atoms with E-state index in [2.05, 4.69) is 37.3 Å². The predicted molar refractivity (Wildman–Crippen MR) is 107 cm³/mol. The van der Waals surface area contributed by atoms with Crippen molar-refractivity contribution in [2.45, 2.75) is 6.42 Å². The first kappa shape index (κ1) is 18.2. The van der Waals surface area contributed by atoms with E-state index in [1.165, 1.54) is 6.33 Å². The van der Waals surface area contributed by atoms with Gasteiger partial charge in [0, 0.05) is 43.3 Å². The van der Waals surface area contributed by atoms with E-state index in [-0.39, 0.29) is 0 Å². The Balaban J connectivity index is 1.45. The molecule has 1 fully saturated rings. The molecule has 27 heavy (non-hydrogen) atoms. The van der Waals surface area contributed by atoms with Crippen LogP contribution in [0.15, 0.2) is 35.1 Å². The summed E-state index contributed by atoms with van der Waals surface area (Å²) in [5.74, 6) is 0.745. The van der Waals surface area contributed by atoms with Crippen LogP contribution in [-0.4, -0.2) is 71.2 Å². The fraction of sp³-hybridized carbons (Fsp3) is 0.421. The van der Waals surface area contributed by atoms with E-state index in [4.69, 9.17) is 16.1 Å². The van der Waals surface area contributed by atoms with Crippen LogP contribution >= 0.6 is 11.6 Å². The van der Waals surface area contributed by atoms with Crippen molar-refractivity contribution >= 4 is 28.5 Å². The number of rotatable bonds is 6. The van der Waals surface area contributed by atoms with Gasteiger partial charge in [-0.25, -0.2) is 4.98 Å². The van der Waals surface area contributed by atoms with E-state index in [1.807, 2.05) is 24.3 Å². The van der Waals surface area contributed by atoms with E-state index in [9.17, 15) is 0 Å². The van der Waals surface area contributed by atoms with Crippen molar-refractivity contribution in [1.82, 2.24) is 24.9 Å². The van der Waals surface area contributed by atoms with Gasteiger partial charge in [-0.2, -0.15) is 4.98 Å². The highest BCUT2D eigenvalue weighted by molar-refractivity contribution is 6.30. The summed E-state index contributed by atoms with van der Waals surface area (Å²) >= 11 is 6.13. The Morgan fingerprint density at radius 1 is 1.19 bits per heavy atom. The van der Waals surface area contributed by atoms with Gasteiger partial charge in [-0.3, -0.25) is 0 Å². The van der Waals surface area contributed by atoms with Gasteiger partial charge in [0.1, 0.15) is 23.2 Å². The average Bonchev–Trinajstić information content (AvgIpc) is 3.12. The zero-order valence-corrected chi connectivity index (χ0v) is 16.1. The zero-order chi connectivity index (χ0) is 18.6. The second-order valence-electron chi connectivity index (χ2n) is 6.87. The molecule has 1 aliphatic rings. The highest BCUT2D eigenvalue weighted by Gasteiger charge is 2.17. The van der Waals surface area contributed by atoms with Crippen molar-refractivity contribution in [3.63, 3.8) is 0 Å². The van der Waals surface area contributed by atoms with Gasteiger partial charge >= 0.3 is 0 Å². The number of hydrogen-bond donors (Lipinski definition) is 1. The van der Waals surface area contributed by atoms with Gasteiger partial charge in [-0.05, 0) is 32.1 Å². The predicted octanol–water partition coefficient (Wildman–Crippen LogP) is 2.99. The molecule has 7 nitrogen and oxygen atoms in total. The van der Waals surface area contributed by atoms with Crippen molar-refractivity contribution in [3.05, 3.63) is 35.6 Å². The van der Waals surface area contributed by atoms with E-state index < -0.39 is 0 Å². The molecule has 8 heteroatoms. The zero-order valence-electron chi connectivity index (χ0n) is 15.4. The normalized spacial score (nSPS) is 16.1. The number of anilines is 1. The molecule has 0 radical (unpaired) electrons. The molecule has 3 heterocycles. The second kappa shape index (κ2) is 8.21. The fourth-order valence-corrected chi connectivity index (χ4v) is 3.52. The molecular weight excluding hydrogens is 364 g/mol. The Morgan fingerprint density at radius 3 is 2.85 bits per heavy atom. The van der Waals surface area contributed by atoms with Crippen LogP contribution in [0.1, 0.15) is 6.42 Å². The molecule has 0 atom stereocenters. The highest BCUT2D eigenvalue weighted by Crippen LogP contribution is 2.32. The SMILES string of the molecule is CN1CCN(CCCNc2ncnc3onc(-c4cccc(Cl)c4)c23)CC1. The van der Waals surface area contributed by atoms with Crippen LogP contribution < -0.4 is 5.32 Å². The molecule has 0 unspecified atom stereocenters. The van der Waals surface area contributed by atoms with Gasteiger partial charge in [-0.1, -0.05) is 28.9 Å². The number of nitrogens with one attached hydrogen (secondary N) is 1. The molecule has 1 aromatic carbocycles. The summed E-state index contributed by atoms with van der Waals surface area (Å²) in [6.07, 6.45) is 2.55. The highest BCUT2D eigenvalue weighted by atomic mass is 35.5. The summed E-state index contributed by atoms with van der Waals surface area (Å²) in [6, 6.07) is 7.54. The van der Waals surface area contributed by atoms with Crippen LogP contribution in [0.25, 0.3) is 22.4 Å². The Morgan fingerprint density at radius 2 is 2.04 bits per heavy atom. The lowest BCUT2D eigenvalue weighted by atomic mass is 10.1. The van der Waals surface area contributed by atoms with Crippen molar-refractivity contribution in [3.8, 4) is 11.3 Å². The van der Waals surface area contributed by atoms with Crippen LogP contribution in [-0.2, 0) is 0 Å². The van der Waals surface area contributed by atoms with Gasteiger partial charge in [0.2, 0.25) is 0 Å². The van der Waals surface area contributed by atoms with Gasteiger partial charge in [0.25, 0.3) is 5.71 Å². The quantitative estimate of drug-likeness (QED) is 0.653. The van der Waals surface area contributed by atoms with Crippen molar-refractivity contribution in [2.24, 2.45) is 0 Å². The summed E-state index contributed by atoms with van der Waals surface area (Å²) in [5.41, 5.74) is 2.06. The number of piperazine rings is 1. The first-order valence-corrected chi connectivity index (χ1v) is 9.59. The van der Waals surface area contributed by atoms with E-state index >= 15 is 0 Å². The topological polar surface area (TPSA) is 70.3 Å². The van der Waals surface area contributed by atoms with Crippen LogP contribution in [0.3, 0.4) is 0 Å². The maximum atomic E-state index is 6.13. The van der Waals surface area contributed by atoms with Gasteiger partial charge in [-0.15, -0.1) is 0 Å². The molecule has 3 aromatic rings. The average molecular weight is 387 g/mol. The third kappa shape index (κ3) is 4.21. The van der Waals surface area contributed by atoms with Crippen molar-refractivity contribution in [2.75, 3.05) is 51.6 Å². The number of hydrogen-bond acceptors (Lipinski definition) is 7. The first-order valence-electron chi connectivity index (χ1n) is 9.22. The smallest absolute Gasteiger partial charge is 0.263 e. The molecule has 0 bridgehead atoms. The lowest BCUT2D eigenvalue weighted by molar-refractivity contribution is 0.154. The molecule has 1 saturated heterocycles. The molecule has 4 rings (SSSR count). The maximum Gasteiger partial charge on any atom is 0.263 e. The molecule has 0 aliphatic carbocycles. The molecule has 0 spiro atoms. The van der Waals surface area contributed by atoms with E-state index in [0.717, 1.165) is 62.5 Å². The molecule has 1 N–H and O–H groups in total. The summed E-state index contributed by atoms with van der Waals surface area (Å²) in [4.78, 5) is 13.5. The molecular formula is C19H23ClN6O. The van der Waals surface area contributed by atoms with Crippen LogP contribution in [0.2, 0.25) is 5.02 Å². The molecule has 1 aliphatic heterocycles. The number of halogens is 1. The Bertz CT molecular complexity index is 906. The van der Waals surface area contributed by atoms with Crippen molar-refractivity contribution in [1.29, 1.82) is 0 Å². The summed E-state index contributed by atoms with van der Waals surface area (Å²) in [7, 11) is 2.18. The van der Waals surface area contributed by atoms with Crippen LogP contribution in [0, 0.1) is 0 Å². The standard InChI is InChI=1S/C19H23ClN6O/c1-25-8-10-26(11-9-25)7-3-6-21-18-16-17(14-4-2-5-15(20)12-14)24-27-19(16)23-13-22-18/h2,4-5,12-13H,3,6-11H2,1H3,(H,21,22,23). The number of aromatic nitrogens is 3. The van der Waals surface area contributed by atoms with Crippen LogP contribution in [0.5, 0.6) is 0 Å². The lowest BCUT2D eigenvalue weighted by Gasteiger charge is -2.32. The third-order valence-corrected chi connectivity index (χ3v) is 5.15. The van der Waals surface area contributed by atoms with Crippen LogP contribution in [0.4, 0.5) is 5.82 Å². The minimum absolute atomic E-state index is 0.474. The number of nitrogens with zero attached hydrogens (tertiary/aromatic N) is 5. The number of fused-ring (bicyclic) bond motifs is 1. The summed E-state index contributed by atoms with van der Waals surface area (Å²) in [6.45, 7) is 6.48. The van der Waals surface area contributed by atoms with Crippen molar-refractivity contribution < 1.29 is 4.52 Å². The first-order chi connectivity index (χ1) is 13.2. The molecule has 0 amide bonds. The minimum atomic E-state index is 0.474. The lowest BCUT2D eigenvalue weighted by Crippen LogP contribution is -2.44. The number of benzene rings is 1. The number of likely N-dealkylation sites (N-methyl/N-ethyl adjacent to an activating group) is 1.